The van der Waals surface area contributed by atoms with Crippen LogP contribution in [0.15, 0.2) is 36.4 Å². The average molecular weight is 208 g/mol. The van der Waals surface area contributed by atoms with Crippen LogP contribution in [0, 0.1) is 12.3 Å². The SMILES string of the molecule is C#Cc1ccc2ccccc2c1CCCC. The third kappa shape index (κ3) is 1.95. The second kappa shape index (κ2) is 4.86. The molecule has 0 bridgehead atoms. The lowest BCUT2D eigenvalue weighted by molar-refractivity contribution is 0.798. The Labute approximate surface area is 97.3 Å². The number of terminal acetylenes is 1. The largest absolute Gasteiger partial charge is 0.115 e. The number of rotatable bonds is 3. The first-order valence-corrected chi connectivity index (χ1v) is 5.84. The lowest BCUT2D eigenvalue weighted by atomic mass is 9.95. The smallest absolute Gasteiger partial charge is 0.0281 e. The van der Waals surface area contributed by atoms with Gasteiger partial charge in [0.1, 0.15) is 0 Å². The molecule has 0 spiro atoms. The molecule has 0 fully saturated rings. The molecule has 2 aromatic rings. The van der Waals surface area contributed by atoms with E-state index in [1.165, 1.54) is 29.2 Å². The third-order valence-corrected chi connectivity index (χ3v) is 2.98. The molecule has 0 aromatic heterocycles. The molecule has 0 nitrogen and oxygen atoms in total. The zero-order valence-electron chi connectivity index (χ0n) is 9.66. The molecule has 0 saturated carbocycles. The first-order valence-electron chi connectivity index (χ1n) is 5.84. The molecule has 2 aromatic carbocycles. The first-order chi connectivity index (χ1) is 7.86. The van der Waals surface area contributed by atoms with Gasteiger partial charge in [0.2, 0.25) is 0 Å². The van der Waals surface area contributed by atoms with E-state index in [0.29, 0.717) is 0 Å². The van der Waals surface area contributed by atoms with Crippen molar-refractivity contribution in [2.45, 2.75) is 26.2 Å². The third-order valence-electron chi connectivity index (χ3n) is 2.98. The predicted molar refractivity (Wildman–Crippen MR) is 70.5 cm³/mol. The first kappa shape index (κ1) is 10.8. The predicted octanol–water partition coefficient (Wildman–Crippen LogP) is 4.16. The van der Waals surface area contributed by atoms with Crippen LogP contribution in [0.3, 0.4) is 0 Å². The lowest BCUT2D eigenvalue weighted by Gasteiger charge is -2.08. The maximum absolute atomic E-state index is 5.56. The van der Waals surface area contributed by atoms with E-state index in [4.69, 9.17) is 6.42 Å². The van der Waals surface area contributed by atoms with Gasteiger partial charge in [-0.05, 0) is 35.2 Å². The molecule has 16 heavy (non-hydrogen) atoms. The average Bonchev–Trinajstić information content (AvgIpc) is 2.35. The number of fused-ring (bicyclic) bond motifs is 1. The van der Waals surface area contributed by atoms with Gasteiger partial charge in [-0.3, -0.25) is 0 Å². The quantitative estimate of drug-likeness (QED) is 0.664. The van der Waals surface area contributed by atoms with Crippen LogP contribution in [0.4, 0.5) is 0 Å². The molecule has 0 N–H and O–H groups in total. The lowest BCUT2D eigenvalue weighted by Crippen LogP contribution is -1.92. The molecule has 0 aliphatic heterocycles. The second-order valence-corrected chi connectivity index (χ2v) is 4.06. The Morgan fingerprint density at radius 1 is 1.12 bits per heavy atom. The van der Waals surface area contributed by atoms with Crippen molar-refractivity contribution in [3.05, 3.63) is 47.5 Å². The summed E-state index contributed by atoms with van der Waals surface area (Å²) >= 11 is 0. The molecule has 0 heteroatoms. The van der Waals surface area contributed by atoms with Gasteiger partial charge in [-0.25, -0.2) is 0 Å². The second-order valence-electron chi connectivity index (χ2n) is 4.06. The van der Waals surface area contributed by atoms with Crippen LogP contribution < -0.4 is 0 Å². The fourth-order valence-electron chi connectivity index (χ4n) is 2.09. The van der Waals surface area contributed by atoms with Gasteiger partial charge in [-0.2, -0.15) is 0 Å². The highest BCUT2D eigenvalue weighted by Gasteiger charge is 2.04. The number of benzene rings is 2. The molecule has 0 amide bonds. The van der Waals surface area contributed by atoms with E-state index >= 15 is 0 Å². The van der Waals surface area contributed by atoms with Gasteiger partial charge in [0.25, 0.3) is 0 Å². The monoisotopic (exact) mass is 208 g/mol. The molecule has 80 valence electrons. The van der Waals surface area contributed by atoms with E-state index in [2.05, 4.69) is 49.2 Å². The summed E-state index contributed by atoms with van der Waals surface area (Å²) in [6.45, 7) is 2.21. The van der Waals surface area contributed by atoms with Crippen LogP contribution in [0.25, 0.3) is 10.8 Å². The minimum absolute atomic E-state index is 1.05. The van der Waals surface area contributed by atoms with Crippen molar-refractivity contribution in [2.24, 2.45) is 0 Å². The van der Waals surface area contributed by atoms with Crippen LogP contribution in [0.5, 0.6) is 0 Å². The van der Waals surface area contributed by atoms with Gasteiger partial charge in [0.15, 0.2) is 0 Å². The molecule has 0 aliphatic carbocycles. The van der Waals surface area contributed by atoms with Crippen molar-refractivity contribution < 1.29 is 0 Å². The summed E-state index contributed by atoms with van der Waals surface area (Å²) in [6, 6.07) is 12.6. The van der Waals surface area contributed by atoms with E-state index in [-0.39, 0.29) is 0 Å². The number of aryl methyl sites for hydroxylation is 1. The van der Waals surface area contributed by atoms with Crippen LogP contribution >= 0.6 is 0 Å². The Morgan fingerprint density at radius 2 is 1.94 bits per heavy atom. The topological polar surface area (TPSA) is 0 Å². The van der Waals surface area contributed by atoms with Crippen LogP contribution in [-0.2, 0) is 6.42 Å². The number of hydrogen-bond acceptors (Lipinski definition) is 0. The molecular formula is C16H16. The zero-order chi connectivity index (χ0) is 11.4. The van der Waals surface area contributed by atoms with Crippen LogP contribution in [0.2, 0.25) is 0 Å². The van der Waals surface area contributed by atoms with Crippen molar-refractivity contribution in [2.75, 3.05) is 0 Å². The normalized spacial score (nSPS) is 10.2. The zero-order valence-corrected chi connectivity index (χ0v) is 9.66. The molecular weight excluding hydrogens is 192 g/mol. The molecule has 0 heterocycles. The molecule has 0 saturated heterocycles. The van der Waals surface area contributed by atoms with Gasteiger partial charge in [0.05, 0.1) is 0 Å². The van der Waals surface area contributed by atoms with Crippen molar-refractivity contribution in [1.82, 2.24) is 0 Å². The summed E-state index contributed by atoms with van der Waals surface area (Å²) in [5.41, 5.74) is 2.38. The minimum Gasteiger partial charge on any atom is -0.115 e. The highest BCUT2D eigenvalue weighted by molar-refractivity contribution is 5.87. The van der Waals surface area contributed by atoms with Gasteiger partial charge in [-0.15, -0.1) is 6.42 Å². The Kier molecular flexibility index (Phi) is 3.27. The molecule has 0 atom stereocenters. The highest BCUT2D eigenvalue weighted by atomic mass is 14.1. The van der Waals surface area contributed by atoms with E-state index < -0.39 is 0 Å². The molecule has 2 rings (SSSR count). The Hall–Kier alpha value is -1.74. The van der Waals surface area contributed by atoms with Crippen LogP contribution in [0.1, 0.15) is 30.9 Å². The van der Waals surface area contributed by atoms with Crippen molar-refractivity contribution in [1.29, 1.82) is 0 Å². The summed E-state index contributed by atoms with van der Waals surface area (Å²) in [7, 11) is 0. The number of unbranched alkanes of at least 4 members (excludes halogenated alkanes) is 1. The maximum Gasteiger partial charge on any atom is 0.0281 e. The minimum atomic E-state index is 1.05. The molecule has 0 unspecified atom stereocenters. The fraction of sp³-hybridized carbons (Fsp3) is 0.250. The number of hydrogen-bond donors (Lipinski definition) is 0. The summed E-state index contributed by atoms with van der Waals surface area (Å²) in [6.07, 6.45) is 9.04. The van der Waals surface area contributed by atoms with Gasteiger partial charge >= 0.3 is 0 Å². The Balaban J connectivity index is 2.60. The molecule has 0 radical (unpaired) electrons. The van der Waals surface area contributed by atoms with Gasteiger partial charge in [0, 0.05) is 5.56 Å². The van der Waals surface area contributed by atoms with E-state index in [1.807, 2.05) is 0 Å². The van der Waals surface area contributed by atoms with E-state index in [1.54, 1.807) is 0 Å². The summed E-state index contributed by atoms with van der Waals surface area (Å²) in [5, 5.41) is 2.60. The standard InChI is InChI=1S/C16H16/c1-3-5-9-15-13(4-2)11-12-14-8-6-7-10-16(14)15/h2,6-8,10-12H,3,5,9H2,1H3. The van der Waals surface area contributed by atoms with Gasteiger partial charge < -0.3 is 0 Å². The molecule has 0 aliphatic rings. The Morgan fingerprint density at radius 3 is 2.69 bits per heavy atom. The van der Waals surface area contributed by atoms with E-state index in [0.717, 1.165) is 12.0 Å². The summed E-state index contributed by atoms with van der Waals surface area (Å²) in [5.74, 6) is 2.80. The van der Waals surface area contributed by atoms with Crippen molar-refractivity contribution in [3.63, 3.8) is 0 Å². The van der Waals surface area contributed by atoms with Crippen LogP contribution in [-0.4, -0.2) is 0 Å². The van der Waals surface area contributed by atoms with E-state index in [9.17, 15) is 0 Å². The van der Waals surface area contributed by atoms with Gasteiger partial charge in [-0.1, -0.05) is 49.6 Å². The highest BCUT2D eigenvalue weighted by Crippen LogP contribution is 2.23. The maximum atomic E-state index is 5.56. The van der Waals surface area contributed by atoms with Crippen molar-refractivity contribution in [3.8, 4) is 12.3 Å². The Bertz CT molecular complexity index is 529. The fourth-order valence-corrected chi connectivity index (χ4v) is 2.09. The van der Waals surface area contributed by atoms with Crippen molar-refractivity contribution >= 4 is 10.8 Å². The summed E-state index contributed by atoms with van der Waals surface area (Å²) < 4.78 is 0. The summed E-state index contributed by atoms with van der Waals surface area (Å²) in [4.78, 5) is 0.